The molecule has 0 saturated heterocycles. The van der Waals surface area contributed by atoms with Gasteiger partial charge in [-0.05, 0) is 112 Å². The van der Waals surface area contributed by atoms with E-state index in [0.29, 0.717) is 7.05 Å². The standard InChI is InChI=1S/C49H24F24N2O4/c1-74(16-19-2-23(42(50,51)52)10-24(3-19)43(53,54)55)39(77)33-15-32(22-8-29(48(68,69)70)13-30(9-22)49(71,72)73)38-37-34(40(78)75(41(38)79)17-20-4-25(44(56,57)58)11-26(5-20)45(59,60)61)14-31(35(18-76)36(33)37)21-6-27(46(62,63)64)12-28(7-21)47(65,66)67/h2-15,18,32,38H,16-17H2,1H3. The molecule has 2 atom stereocenters. The molecule has 2 aliphatic rings. The zero-order valence-corrected chi connectivity index (χ0v) is 38.3. The summed E-state index contributed by atoms with van der Waals surface area (Å²) in [5, 5.41) is 0. The molecule has 3 amide bonds. The number of carbonyl (C=O) groups excluding carboxylic acids is 4. The molecule has 6 nitrogen and oxygen atoms in total. The van der Waals surface area contributed by atoms with E-state index in [1.807, 2.05) is 0 Å². The van der Waals surface area contributed by atoms with Gasteiger partial charge in [-0.15, -0.1) is 0 Å². The molecule has 1 aliphatic carbocycles. The van der Waals surface area contributed by atoms with E-state index < -0.39 is 217 Å². The largest absolute Gasteiger partial charge is 0.416 e. The van der Waals surface area contributed by atoms with Crippen LogP contribution < -0.4 is 0 Å². The number of alkyl halides is 24. The Balaban J connectivity index is 1.61. The van der Waals surface area contributed by atoms with Crippen molar-refractivity contribution < 1.29 is 125 Å². The molecular formula is C49H24F24N2O4. The lowest BCUT2D eigenvalue weighted by atomic mass is 9.67. The maximum Gasteiger partial charge on any atom is 0.416 e. The smallest absolute Gasteiger partial charge is 0.337 e. The monoisotopic (exact) mass is 1160 g/mol. The lowest BCUT2D eigenvalue weighted by Crippen LogP contribution is -2.47. The summed E-state index contributed by atoms with van der Waals surface area (Å²) in [5.41, 5.74) is -29.8. The van der Waals surface area contributed by atoms with Crippen LogP contribution in [0.5, 0.6) is 0 Å². The van der Waals surface area contributed by atoms with Crippen LogP contribution in [0, 0.1) is 0 Å². The van der Waals surface area contributed by atoms with Crippen molar-refractivity contribution in [3.8, 4) is 11.1 Å². The molecule has 0 aromatic heterocycles. The normalized spacial score (nSPS) is 16.7. The van der Waals surface area contributed by atoms with Crippen molar-refractivity contribution in [2.75, 3.05) is 7.05 Å². The van der Waals surface area contributed by atoms with E-state index in [9.17, 15) is 125 Å². The number of allylic oxidation sites excluding steroid dienone is 1. The molecular weight excluding hydrogens is 1140 g/mol. The highest BCUT2D eigenvalue weighted by atomic mass is 19.4. The molecule has 2 unspecified atom stereocenters. The van der Waals surface area contributed by atoms with Crippen molar-refractivity contribution >= 4 is 29.6 Å². The summed E-state index contributed by atoms with van der Waals surface area (Å²) < 4.78 is 340. The zero-order chi connectivity index (χ0) is 59.5. The first kappa shape index (κ1) is 59.1. The molecule has 0 radical (unpaired) electrons. The van der Waals surface area contributed by atoms with Gasteiger partial charge in [-0.25, -0.2) is 0 Å². The van der Waals surface area contributed by atoms with Gasteiger partial charge in [-0.2, -0.15) is 105 Å². The second kappa shape index (κ2) is 19.4. The van der Waals surface area contributed by atoms with Gasteiger partial charge in [0.1, 0.15) is 0 Å². The fourth-order valence-corrected chi connectivity index (χ4v) is 8.95. The Morgan fingerprint density at radius 3 is 1.22 bits per heavy atom. The number of amides is 3. The molecule has 7 rings (SSSR count). The van der Waals surface area contributed by atoms with E-state index in [0.717, 1.165) is 0 Å². The lowest BCUT2D eigenvalue weighted by molar-refractivity contribution is -0.144. The number of carbonyl (C=O) groups is 4. The van der Waals surface area contributed by atoms with Gasteiger partial charge in [0.05, 0.1) is 57.0 Å². The molecule has 5 aromatic rings. The second-order valence-corrected chi connectivity index (χ2v) is 17.7. The molecule has 1 aliphatic heterocycles. The predicted molar refractivity (Wildman–Crippen MR) is 221 cm³/mol. The molecule has 0 N–H and O–H groups in total. The average Bonchev–Trinajstić information content (AvgIpc) is 3.52. The van der Waals surface area contributed by atoms with Gasteiger partial charge in [0, 0.05) is 41.8 Å². The Morgan fingerprint density at radius 1 is 0.494 bits per heavy atom. The number of halogens is 24. The van der Waals surface area contributed by atoms with Gasteiger partial charge < -0.3 is 4.90 Å². The van der Waals surface area contributed by atoms with Crippen LogP contribution in [0.2, 0.25) is 0 Å². The predicted octanol–water partition coefficient (Wildman–Crippen LogP) is 15.4. The van der Waals surface area contributed by atoms with Gasteiger partial charge in [0.25, 0.3) is 11.8 Å². The van der Waals surface area contributed by atoms with Crippen LogP contribution in [-0.2, 0) is 72.1 Å². The van der Waals surface area contributed by atoms with Crippen LogP contribution in [-0.4, -0.2) is 40.9 Å². The lowest BCUT2D eigenvalue weighted by Gasteiger charge is -2.41. The summed E-state index contributed by atoms with van der Waals surface area (Å²) >= 11 is 0. The van der Waals surface area contributed by atoms with Gasteiger partial charge in [0.2, 0.25) is 5.91 Å². The Bertz CT molecular complexity index is 3220. The number of aldehydes is 1. The molecule has 0 bridgehead atoms. The molecule has 0 fully saturated rings. The highest BCUT2D eigenvalue weighted by Gasteiger charge is 2.51. The maximum atomic E-state index is 14.9. The number of likely N-dealkylation sites (N-methyl/N-ethyl adjacent to an activating group) is 1. The van der Waals surface area contributed by atoms with Crippen LogP contribution in [0.15, 0.2) is 84.9 Å². The Morgan fingerprint density at radius 2 is 0.848 bits per heavy atom. The van der Waals surface area contributed by atoms with Crippen molar-refractivity contribution in [3.05, 3.63) is 168 Å². The molecule has 5 aromatic carbocycles. The highest BCUT2D eigenvalue weighted by molar-refractivity contribution is 6.26. The van der Waals surface area contributed by atoms with E-state index in [1.54, 1.807) is 0 Å². The third-order valence-corrected chi connectivity index (χ3v) is 12.3. The van der Waals surface area contributed by atoms with Crippen molar-refractivity contribution in [1.29, 1.82) is 0 Å². The quantitative estimate of drug-likeness (QED) is 0.0881. The SMILES string of the molecule is CN(Cc1cc(C(F)(F)F)cc(C(F)(F)F)c1)C(=O)C1=CC(c2cc(C(F)(F)F)cc(C(F)(F)F)c2)C2C(=O)N(Cc3cc(C(F)(F)F)cc(C(F)(F)F)c3)C(=O)c3cc(-c4cc(C(F)(F)F)cc(C(F)(F)F)c4)c(C=O)c1c32. The van der Waals surface area contributed by atoms with Crippen LogP contribution in [0.3, 0.4) is 0 Å². The number of imide groups is 1. The van der Waals surface area contributed by atoms with Crippen molar-refractivity contribution in [2.24, 2.45) is 0 Å². The van der Waals surface area contributed by atoms with Gasteiger partial charge in [-0.3, -0.25) is 24.1 Å². The first-order valence-electron chi connectivity index (χ1n) is 21.5. The highest BCUT2D eigenvalue weighted by Crippen LogP contribution is 2.54. The Labute approximate surface area is 424 Å². The minimum absolute atomic E-state index is 0.0612. The number of rotatable bonds is 8. The van der Waals surface area contributed by atoms with Crippen LogP contribution >= 0.6 is 0 Å². The minimum Gasteiger partial charge on any atom is -0.337 e. The first-order chi connectivity index (χ1) is 35.8. The van der Waals surface area contributed by atoms with E-state index in [2.05, 4.69) is 0 Å². The summed E-state index contributed by atoms with van der Waals surface area (Å²) in [6.45, 7) is -3.18. The maximum absolute atomic E-state index is 14.9. The summed E-state index contributed by atoms with van der Waals surface area (Å²) in [7, 11) is 0.561. The zero-order valence-electron chi connectivity index (χ0n) is 38.3. The van der Waals surface area contributed by atoms with Gasteiger partial charge in [0.15, 0.2) is 6.29 Å². The fraction of sp³-hybridized carbons (Fsp3) is 0.265. The molecule has 0 spiro atoms. The number of hydrogen-bond acceptors (Lipinski definition) is 4. The molecule has 422 valence electrons. The third kappa shape index (κ3) is 11.9. The minimum atomic E-state index is -5.77. The Kier molecular flexibility index (Phi) is 14.5. The third-order valence-electron chi connectivity index (χ3n) is 12.3. The fourth-order valence-electron chi connectivity index (χ4n) is 8.95. The van der Waals surface area contributed by atoms with Crippen molar-refractivity contribution in [2.45, 2.75) is 74.3 Å². The van der Waals surface area contributed by atoms with Gasteiger partial charge >= 0.3 is 49.4 Å². The number of hydrogen-bond donors (Lipinski definition) is 0. The first-order valence-corrected chi connectivity index (χ1v) is 21.5. The number of nitrogens with zero attached hydrogens (tertiary/aromatic N) is 2. The van der Waals surface area contributed by atoms with Crippen molar-refractivity contribution in [1.82, 2.24) is 9.80 Å². The summed E-state index contributed by atoms with van der Waals surface area (Å²) in [4.78, 5) is 57.9. The second-order valence-electron chi connectivity index (χ2n) is 17.7. The van der Waals surface area contributed by atoms with E-state index >= 15 is 0 Å². The molecule has 30 heteroatoms. The van der Waals surface area contributed by atoms with Crippen LogP contribution in [0.1, 0.15) is 105 Å². The average molecular weight is 1160 g/mol. The number of benzene rings is 5. The van der Waals surface area contributed by atoms with E-state index in [1.165, 1.54) is 0 Å². The van der Waals surface area contributed by atoms with Gasteiger partial charge in [-0.1, -0.05) is 6.08 Å². The van der Waals surface area contributed by atoms with Crippen LogP contribution in [0.4, 0.5) is 105 Å². The van der Waals surface area contributed by atoms with E-state index in [4.69, 9.17) is 0 Å². The summed E-state index contributed by atoms with van der Waals surface area (Å²) in [6, 6.07) is -1.91. The summed E-state index contributed by atoms with van der Waals surface area (Å²) in [6.07, 6.45) is -45.6. The van der Waals surface area contributed by atoms with E-state index in [-0.39, 0.29) is 76.5 Å². The topological polar surface area (TPSA) is 74.8 Å². The summed E-state index contributed by atoms with van der Waals surface area (Å²) in [5.74, 6) is -11.2. The molecule has 1 heterocycles. The van der Waals surface area contributed by atoms with Crippen molar-refractivity contribution in [3.63, 3.8) is 0 Å². The Hall–Kier alpha value is -7.56. The molecule has 0 saturated carbocycles. The molecule has 79 heavy (non-hydrogen) atoms. The van der Waals surface area contributed by atoms with Crippen LogP contribution in [0.25, 0.3) is 16.7 Å².